The summed E-state index contributed by atoms with van der Waals surface area (Å²) in [6.07, 6.45) is 1.09. The van der Waals surface area contributed by atoms with E-state index in [-0.39, 0.29) is 0 Å². The fourth-order valence-electron chi connectivity index (χ4n) is 2.14. The summed E-state index contributed by atoms with van der Waals surface area (Å²) < 4.78 is 1.98. The van der Waals surface area contributed by atoms with E-state index in [0.29, 0.717) is 6.04 Å². The molecule has 0 bridgehead atoms. The Morgan fingerprint density at radius 3 is 2.44 bits per heavy atom. The first-order chi connectivity index (χ1) is 8.41. The molecule has 0 unspecified atom stereocenters. The van der Waals surface area contributed by atoms with Gasteiger partial charge in [-0.15, -0.1) is 0 Å². The molecule has 0 amide bonds. The molecule has 1 N–H and O–H groups in total. The van der Waals surface area contributed by atoms with Crippen molar-refractivity contribution in [2.24, 2.45) is 7.05 Å². The first kappa shape index (κ1) is 15.2. The van der Waals surface area contributed by atoms with Crippen molar-refractivity contribution in [1.29, 1.82) is 0 Å². The van der Waals surface area contributed by atoms with Gasteiger partial charge in [-0.1, -0.05) is 13.8 Å². The lowest BCUT2D eigenvalue weighted by Gasteiger charge is -2.18. The highest BCUT2D eigenvalue weighted by molar-refractivity contribution is 5.24. The van der Waals surface area contributed by atoms with E-state index in [1.54, 1.807) is 0 Å². The van der Waals surface area contributed by atoms with Gasteiger partial charge in [0.25, 0.3) is 0 Å². The largest absolute Gasteiger partial charge is 0.313 e. The molecule has 4 nitrogen and oxygen atoms in total. The lowest BCUT2D eigenvalue weighted by Crippen LogP contribution is -2.33. The minimum absolute atomic E-state index is 0.571. The van der Waals surface area contributed by atoms with Gasteiger partial charge in [-0.05, 0) is 32.9 Å². The molecule has 1 aromatic heterocycles. The Bertz CT molecular complexity index is 368. The van der Waals surface area contributed by atoms with Crippen LogP contribution < -0.4 is 5.32 Å². The van der Waals surface area contributed by atoms with Crippen molar-refractivity contribution in [3.63, 3.8) is 0 Å². The van der Waals surface area contributed by atoms with E-state index >= 15 is 0 Å². The van der Waals surface area contributed by atoms with Crippen molar-refractivity contribution in [2.45, 2.75) is 40.2 Å². The predicted octanol–water partition coefficient (Wildman–Crippen LogP) is 1.51. The topological polar surface area (TPSA) is 33.1 Å². The highest BCUT2D eigenvalue weighted by Crippen LogP contribution is 2.12. The second-order valence-electron chi connectivity index (χ2n) is 5.44. The normalized spacial score (nSPS) is 11.8. The number of likely N-dealkylation sites (N-methyl/N-ethyl adjacent to an activating group) is 1. The first-order valence-corrected chi connectivity index (χ1v) is 6.82. The molecular weight excluding hydrogens is 224 g/mol. The van der Waals surface area contributed by atoms with Crippen molar-refractivity contribution in [1.82, 2.24) is 20.0 Å². The van der Waals surface area contributed by atoms with Crippen LogP contribution in [0.2, 0.25) is 0 Å². The fourth-order valence-corrected chi connectivity index (χ4v) is 2.14. The van der Waals surface area contributed by atoms with E-state index in [0.717, 1.165) is 26.1 Å². The Labute approximate surface area is 111 Å². The Morgan fingerprint density at radius 2 is 1.94 bits per heavy atom. The van der Waals surface area contributed by atoms with Gasteiger partial charge >= 0.3 is 0 Å². The van der Waals surface area contributed by atoms with E-state index in [1.165, 1.54) is 17.0 Å². The zero-order valence-electron chi connectivity index (χ0n) is 12.7. The molecule has 0 aliphatic heterocycles. The van der Waals surface area contributed by atoms with Crippen molar-refractivity contribution >= 4 is 0 Å². The Kier molecular flexibility index (Phi) is 5.82. The number of hydrogen-bond acceptors (Lipinski definition) is 3. The second kappa shape index (κ2) is 6.90. The number of aryl methyl sites for hydroxylation is 2. The average molecular weight is 252 g/mol. The third kappa shape index (κ3) is 4.42. The molecule has 1 heterocycles. The van der Waals surface area contributed by atoms with Gasteiger partial charge in [0, 0.05) is 38.4 Å². The van der Waals surface area contributed by atoms with E-state index in [1.807, 2.05) is 11.7 Å². The summed E-state index contributed by atoms with van der Waals surface area (Å²) >= 11 is 0. The lowest BCUT2D eigenvalue weighted by atomic mass is 10.1. The molecule has 0 atom stereocenters. The van der Waals surface area contributed by atoms with Crippen LogP contribution in [-0.2, 0) is 13.5 Å². The Morgan fingerprint density at radius 1 is 1.28 bits per heavy atom. The van der Waals surface area contributed by atoms with Gasteiger partial charge in [0.2, 0.25) is 0 Å². The first-order valence-electron chi connectivity index (χ1n) is 6.82. The predicted molar refractivity (Wildman–Crippen MR) is 77.0 cm³/mol. The van der Waals surface area contributed by atoms with Gasteiger partial charge in [-0.3, -0.25) is 4.68 Å². The van der Waals surface area contributed by atoms with Gasteiger partial charge < -0.3 is 10.2 Å². The number of nitrogens with one attached hydrogen (secondary N) is 1. The fraction of sp³-hybridized carbons (Fsp3) is 0.786. The summed E-state index contributed by atoms with van der Waals surface area (Å²) in [5.41, 5.74) is 3.87. The highest BCUT2D eigenvalue weighted by atomic mass is 15.3. The van der Waals surface area contributed by atoms with Crippen LogP contribution in [0.25, 0.3) is 0 Å². The molecule has 0 saturated heterocycles. The third-order valence-electron chi connectivity index (χ3n) is 3.45. The zero-order chi connectivity index (χ0) is 13.7. The maximum Gasteiger partial charge on any atom is 0.0628 e. The SMILES string of the molecule is Cc1nn(C)c(C)c1CCN(C)CCNC(C)C. The molecule has 0 aromatic carbocycles. The van der Waals surface area contributed by atoms with Crippen LogP contribution in [0.5, 0.6) is 0 Å². The summed E-state index contributed by atoms with van der Waals surface area (Å²) in [6.45, 7) is 11.9. The minimum Gasteiger partial charge on any atom is -0.313 e. The molecule has 0 spiro atoms. The molecule has 1 aromatic rings. The van der Waals surface area contributed by atoms with E-state index in [4.69, 9.17) is 0 Å². The van der Waals surface area contributed by atoms with Crippen LogP contribution >= 0.6 is 0 Å². The quantitative estimate of drug-likeness (QED) is 0.798. The van der Waals surface area contributed by atoms with Crippen molar-refractivity contribution < 1.29 is 0 Å². The number of rotatable bonds is 7. The zero-order valence-corrected chi connectivity index (χ0v) is 12.7. The summed E-state index contributed by atoms with van der Waals surface area (Å²) in [6, 6.07) is 0.571. The molecule has 0 aliphatic rings. The minimum atomic E-state index is 0.571. The number of nitrogens with zero attached hydrogens (tertiary/aromatic N) is 3. The Balaban J connectivity index is 2.36. The van der Waals surface area contributed by atoms with E-state index < -0.39 is 0 Å². The van der Waals surface area contributed by atoms with Crippen LogP contribution in [0.15, 0.2) is 0 Å². The van der Waals surface area contributed by atoms with Crippen LogP contribution in [0, 0.1) is 13.8 Å². The molecule has 4 heteroatoms. The van der Waals surface area contributed by atoms with Gasteiger partial charge in [-0.2, -0.15) is 5.10 Å². The maximum absolute atomic E-state index is 4.46. The summed E-state index contributed by atoms with van der Waals surface area (Å²) in [5, 5.41) is 7.90. The standard InChI is InChI=1S/C14H28N4/c1-11(2)15-8-10-17(5)9-7-14-12(3)16-18(6)13(14)4/h11,15H,7-10H2,1-6H3. The van der Waals surface area contributed by atoms with E-state index in [2.05, 4.69) is 50.1 Å². The summed E-state index contributed by atoms with van der Waals surface area (Å²) in [4.78, 5) is 2.38. The van der Waals surface area contributed by atoms with Crippen LogP contribution in [0.3, 0.4) is 0 Å². The summed E-state index contributed by atoms with van der Waals surface area (Å²) in [5.74, 6) is 0. The van der Waals surface area contributed by atoms with Gasteiger partial charge in [0.05, 0.1) is 5.69 Å². The number of aromatic nitrogens is 2. The van der Waals surface area contributed by atoms with Gasteiger partial charge in [-0.25, -0.2) is 0 Å². The van der Waals surface area contributed by atoms with Crippen LogP contribution in [0.4, 0.5) is 0 Å². The molecule has 0 fully saturated rings. The monoisotopic (exact) mass is 252 g/mol. The molecule has 0 aliphatic carbocycles. The van der Waals surface area contributed by atoms with Crippen LogP contribution in [-0.4, -0.2) is 47.4 Å². The number of hydrogen-bond donors (Lipinski definition) is 1. The van der Waals surface area contributed by atoms with Gasteiger partial charge in [0.1, 0.15) is 0 Å². The van der Waals surface area contributed by atoms with Crippen molar-refractivity contribution in [3.05, 3.63) is 17.0 Å². The molecule has 18 heavy (non-hydrogen) atoms. The van der Waals surface area contributed by atoms with Gasteiger partial charge in [0.15, 0.2) is 0 Å². The molecule has 1 rings (SSSR count). The maximum atomic E-state index is 4.46. The van der Waals surface area contributed by atoms with E-state index in [9.17, 15) is 0 Å². The van der Waals surface area contributed by atoms with Crippen molar-refractivity contribution in [3.8, 4) is 0 Å². The second-order valence-corrected chi connectivity index (χ2v) is 5.44. The molecule has 0 radical (unpaired) electrons. The Hall–Kier alpha value is -0.870. The van der Waals surface area contributed by atoms with Crippen molar-refractivity contribution in [2.75, 3.05) is 26.7 Å². The van der Waals surface area contributed by atoms with Crippen LogP contribution in [0.1, 0.15) is 30.8 Å². The molecule has 0 saturated carbocycles. The molecule has 104 valence electrons. The lowest BCUT2D eigenvalue weighted by molar-refractivity contribution is 0.330. The summed E-state index contributed by atoms with van der Waals surface area (Å²) in [7, 11) is 4.20. The molecular formula is C14H28N4. The third-order valence-corrected chi connectivity index (χ3v) is 3.45. The highest BCUT2D eigenvalue weighted by Gasteiger charge is 2.09. The smallest absolute Gasteiger partial charge is 0.0628 e. The average Bonchev–Trinajstić information content (AvgIpc) is 2.50.